The molecule has 1 aliphatic heterocycles. The normalized spacial score (nSPS) is 16.2. The zero-order valence-corrected chi connectivity index (χ0v) is 13.9. The lowest BCUT2D eigenvalue weighted by atomic mass is 9.93. The molecular formula is C16H22N4OS. The number of aromatic amines is 1. The Kier molecular flexibility index (Phi) is 4.57. The van der Waals surface area contributed by atoms with Gasteiger partial charge in [-0.2, -0.15) is 5.10 Å². The first kappa shape index (κ1) is 15.2. The van der Waals surface area contributed by atoms with E-state index in [2.05, 4.69) is 26.6 Å². The van der Waals surface area contributed by atoms with Crippen LogP contribution in [0.5, 0.6) is 0 Å². The fraction of sp³-hybridized carbons (Fsp3) is 0.562. The van der Waals surface area contributed by atoms with E-state index in [1.54, 1.807) is 11.3 Å². The van der Waals surface area contributed by atoms with E-state index in [-0.39, 0.29) is 5.91 Å². The number of hydrogen-bond donors (Lipinski definition) is 1. The first-order valence-electron chi connectivity index (χ1n) is 7.82. The van der Waals surface area contributed by atoms with Gasteiger partial charge in [0.05, 0.1) is 16.4 Å². The van der Waals surface area contributed by atoms with Gasteiger partial charge in [-0.3, -0.25) is 9.89 Å². The summed E-state index contributed by atoms with van der Waals surface area (Å²) in [5, 5.41) is 10.5. The maximum atomic E-state index is 12.3. The summed E-state index contributed by atoms with van der Waals surface area (Å²) in [6.45, 7) is 5.70. The summed E-state index contributed by atoms with van der Waals surface area (Å²) in [6.07, 6.45) is 3.33. The lowest BCUT2D eigenvalue weighted by molar-refractivity contribution is -0.132. The van der Waals surface area contributed by atoms with Crippen molar-refractivity contribution in [1.29, 1.82) is 0 Å². The quantitative estimate of drug-likeness (QED) is 0.943. The van der Waals surface area contributed by atoms with E-state index >= 15 is 0 Å². The van der Waals surface area contributed by atoms with Crippen LogP contribution in [0.2, 0.25) is 0 Å². The van der Waals surface area contributed by atoms with Gasteiger partial charge < -0.3 is 4.90 Å². The summed E-state index contributed by atoms with van der Waals surface area (Å²) in [5.41, 5.74) is 3.28. The van der Waals surface area contributed by atoms with E-state index in [4.69, 9.17) is 0 Å². The van der Waals surface area contributed by atoms with Crippen LogP contribution < -0.4 is 0 Å². The molecular weight excluding hydrogens is 296 g/mol. The number of nitrogens with zero attached hydrogens (tertiary/aromatic N) is 3. The van der Waals surface area contributed by atoms with Crippen LogP contribution in [0, 0.1) is 13.8 Å². The third-order valence-corrected chi connectivity index (χ3v) is 5.08. The van der Waals surface area contributed by atoms with Crippen LogP contribution in [0.3, 0.4) is 0 Å². The molecule has 1 aliphatic rings. The number of aryl methyl sites for hydroxylation is 3. The maximum Gasteiger partial charge on any atom is 0.222 e. The van der Waals surface area contributed by atoms with Crippen molar-refractivity contribution >= 4 is 17.2 Å². The van der Waals surface area contributed by atoms with E-state index in [1.807, 2.05) is 18.7 Å². The standard InChI is InChI=1S/C16H22N4OS/c1-11-9-15(19-18-11)13-5-7-20(8-6-13)16(21)4-3-14-10-22-12(2)17-14/h9-10,13H,3-8H2,1-2H3,(H,18,19). The number of carbonyl (C=O) groups excluding carboxylic acids is 1. The van der Waals surface area contributed by atoms with E-state index < -0.39 is 0 Å². The number of piperidine rings is 1. The van der Waals surface area contributed by atoms with Crippen molar-refractivity contribution in [3.63, 3.8) is 0 Å². The van der Waals surface area contributed by atoms with Crippen LogP contribution in [-0.4, -0.2) is 39.1 Å². The van der Waals surface area contributed by atoms with Crippen molar-refractivity contribution in [1.82, 2.24) is 20.1 Å². The first-order chi connectivity index (χ1) is 10.6. The SMILES string of the molecule is Cc1cc(C2CCN(C(=O)CCc3csc(C)n3)CC2)n[nH]1. The summed E-state index contributed by atoms with van der Waals surface area (Å²) in [7, 11) is 0. The minimum absolute atomic E-state index is 0.252. The van der Waals surface area contributed by atoms with E-state index in [0.29, 0.717) is 12.3 Å². The van der Waals surface area contributed by atoms with Crippen LogP contribution in [-0.2, 0) is 11.2 Å². The molecule has 2 aromatic rings. The Balaban J connectivity index is 1.47. The minimum atomic E-state index is 0.252. The number of amides is 1. The van der Waals surface area contributed by atoms with Crippen molar-refractivity contribution in [2.75, 3.05) is 13.1 Å². The topological polar surface area (TPSA) is 61.9 Å². The predicted octanol–water partition coefficient (Wildman–Crippen LogP) is 2.82. The molecule has 0 saturated carbocycles. The van der Waals surface area contributed by atoms with Crippen LogP contribution >= 0.6 is 11.3 Å². The number of likely N-dealkylation sites (tertiary alicyclic amines) is 1. The fourth-order valence-corrected chi connectivity index (χ4v) is 3.64. The number of hydrogen-bond acceptors (Lipinski definition) is 4. The third-order valence-electron chi connectivity index (χ3n) is 4.25. The van der Waals surface area contributed by atoms with Crippen LogP contribution in [0.1, 0.15) is 47.3 Å². The summed E-state index contributed by atoms with van der Waals surface area (Å²) < 4.78 is 0. The zero-order valence-electron chi connectivity index (χ0n) is 13.1. The Morgan fingerprint density at radius 3 is 2.77 bits per heavy atom. The summed E-state index contributed by atoms with van der Waals surface area (Å²) in [4.78, 5) is 18.7. The molecule has 3 rings (SSSR count). The zero-order chi connectivity index (χ0) is 15.5. The Morgan fingerprint density at radius 1 is 1.41 bits per heavy atom. The van der Waals surface area contributed by atoms with Gasteiger partial charge in [-0.25, -0.2) is 4.98 Å². The second-order valence-corrected chi connectivity index (χ2v) is 7.05. The third kappa shape index (κ3) is 3.55. The van der Waals surface area contributed by atoms with Crippen molar-refractivity contribution < 1.29 is 4.79 Å². The molecule has 0 unspecified atom stereocenters. The second-order valence-electron chi connectivity index (χ2n) is 5.99. The average Bonchev–Trinajstić information content (AvgIpc) is 3.13. The largest absolute Gasteiger partial charge is 0.343 e. The van der Waals surface area contributed by atoms with Crippen molar-refractivity contribution in [3.8, 4) is 0 Å². The number of thiazole rings is 1. The summed E-state index contributed by atoms with van der Waals surface area (Å²) in [5.74, 6) is 0.734. The fourth-order valence-electron chi connectivity index (χ4n) is 2.99. The second kappa shape index (κ2) is 6.60. The molecule has 22 heavy (non-hydrogen) atoms. The van der Waals surface area contributed by atoms with Gasteiger partial charge in [-0.15, -0.1) is 11.3 Å². The summed E-state index contributed by atoms with van der Waals surface area (Å²) in [6, 6.07) is 2.12. The number of H-pyrrole nitrogens is 1. The Labute approximate surface area is 134 Å². The van der Waals surface area contributed by atoms with Gasteiger partial charge in [0.2, 0.25) is 5.91 Å². The molecule has 0 aliphatic carbocycles. The van der Waals surface area contributed by atoms with Crippen molar-refractivity contribution in [3.05, 3.63) is 33.5 Å². The highest BCUT2D eigenvalue weighted by molar-refractivity contribution is 7.09. The van der Waals surface area contributed by atoms with Gasteiger partial charge in [0.1, 0.15) is 0 Å². The van der Waals surface area contributed by atoms with Gasteiger partial charge in [0, 0.05) is 36.5 Å². The summed E-state index contributed by atoms with van der Waals surface area (Å²) >= 11 is 1.65. The van der Waals surface area contributed by atoms with E-state index in [1.165, 1.54) is 0 Å². The molecule has 0 bridgehead atoms. The highest BCUT2D eigenvalue weighted by atomic mass is 32.1. The minimum Gasteiger partial charge on any atom is -0.343 e. The molecule has 1 amide bonds. The number of aromatic nitrogens is 3. The molecule has 0 atom stereocenters. The van der Waals surface area contributed by atoms with Gasteiger partial charge in [0.25, 0.3) is 0 Å². The van der Waals surface area contributed by atoms with Crippen molar-refractivity contribution in [2.24, 2.45) is 0 Å². The molecule has 6 heteroatoms. The molecule has 1 N–H and O–H groups in total. The Bertz CT molecular complexity index is 640. The molecule has 0 spiro atoms. The van der Waals surface area contributed by atoms with Gasteiger partial charge in [0.15, 0.2) is 0 Å². The van der Waals surface area contributed by atoms with E-state index in [9.17, 15) is 4.79 Å². The molecule has 5 nitrogen and oxygen atoms in total. The number of rotatable bonds is 4. The highest BCUT2D eigenvalue weighted by Gasteiger charge is 2.25. The number of carbonyl (C=O) groups is 1. The van der Waals surface area contributed by atoms with Crippen molar-refractivity contribution in [2.45, 2.75) is 45.4 Å². The van der Waals surface area contributed by atoms with Gasteiger partial charge in [-0.05, 0) is 39.2 Å². The molecule has 0 radical (unpaired) electrons. The van der Waals surface area contributed by atoms with Crippen LogP contribution in [0.25, 0.3) is 0 Å². The average molecular weight is 318 g/mol. The van der Waals surface area contributed by atoms with Gasteiger partial charge >= 0.3 is 0 Å². The van der Waals surface area contributed by atoms with E-state index in [0.717, 1.165) is 54.4 Å². The van der Waals surface area contributed by atoms with Gasteiger partial charge in [-0.1, -0.05) is 0 Å². The smallest absolute Gasteiger partial charge is 0.222 e. The van der Waals surface area contributed by atoms with Crippen LogP contribution in [0.4, 0.5) is 0 Å². The molecule has 0 aromatic carbocycles. The lowest BCUT2D eigenvalue weighted by Gasteiger charge is -2.31. The molecule has 2 aromatic heterocycles. The molecule has 3 heterocycles. The highest BCUT2D eigenvalue weighted by Crippen LogP contribution is 2.27. The first-order valence-corrected chi connectivity index (χ1v) is 8.70. The lowest BCUT2D eigenvalue weighted by Crippen LogP contribution is -2.38. The Morgan fingerprint density at radius 2 is 2.18 bits per heavy atom. The molecule has 1 fully saturated rings. The monoisotopic (exact) mass is 318 g/mol. The molecule has 118 valence electrons. The Hall–Kier alpha value is -1.69. The predicted molar refractivity (Wildman–Crippen MR) is 87.1 cm³/mol. The van der Waals surface area contributed by atoms with Crippen LogP contribution in [0.15, 0.2) is 11.4 Å². The number of nitrogens with one attached hydrogen (secondary N) is 1. The molecule has 1 saturated heterocycles. The maximum absolute atomic E-state index is 12.3.